The van der Waals surface area contributed by atoms with Crippen LogP contribution in [0.2, 0.25) is 0 Å². The lowest BCUT2D eigenvalue weighted by Gasteiger charge is -2.47. The number of hydrogen-bond acceptors (Lipinski definition) is 9. The molecule has 0 bridgehead atoms. The predicted molar refractivity (Wildman–Crippen MR) is 136 cm³/mol. The number of thioether (sulfide) groups is 1. The summed E-state index contributed by atoms with van der Waals surface area (Å²) in [6, 6.07) is 18.2. The maximum Gasteiger partial charge on any atom is 0.317 e. The highest BCUT2D eigenvalue weighted by molar-refractivity contribution is 8.14. The number of carbonyl (C=O) groups is 4. The average Bonchev–Trinajstić information content (AvgIpc) is 2.88. The largest absolute Gasteiger partial charge is 0.461 e. The van der Waals surface area contributed by atoms with Crippen molar-refractivity contribution in [1.29, 1.82) is 0 Å². The minimum Gasteiger partial charge on any atom is -0.461 e. The normalized spacial score (nSPS) is 20.2. The van der Waals surface area contributed by atoms with Crippen molar-refractivity contribution in [2.75, 3.05) is 18.1 Å². The second-order valence-electron chi connectivity index (χ2n) is 8.31. The molecule has 0 aliphatic carbocycles. The molecule has 2 aliphatic rings. The first-order chi connectivity index (χ1) is 17.6. The van der Waals surface area contributed by atoms with E-state index in [0.717, 1.165) is 23.0 Å². The number of β-lactam (4-membered cyclic amide) rings is 1. The second kappa shape index (κ2) is 11.1. The molecule has 0 aromatic heterocycles. The highest BCUT2D eigenvalue weighted by Crippen LogP contribution is 2.41. The number of esters is 2. The summed E-state index contributed by atoms with van der Waals surface area (Å²) >= 11 is 6.49. The van der Waals surface area contributed by atoms with Crippen LogP contribution in [0.3, 0.4) is 0 Å². The Morgan fingerprint density at radius 3 is 2.16 bits per heavy atom. The van der Waals surface area contributed by atoms with Crippen molar-refractivity contribution in [2.45, 2.75) is 23.8 Å². The second-order valence-corrected chi connectivity index (χ2v) is 11.8. The molecule has 0 N–H and O–H groups in total. The summed E-state index contributed by atoms with van der Waals surface area (Å²) in [6.07, 6.45) is -0.706. The molecule has 12 heteroatoms. The molecule has 1 fully saturated rings. The van der Waals surface area contributed by atoms with E-state index in [1.165, 1.54) is 0 Å². The molecular formula is C25H22ClNO8S2. The van der Waals surface area contributed by atoms with Crippen molar-refractivity contribution in [1.82, 2.24) is 4.90 Å². The molecule has 2 aromatic carbocycles. The maximum absolute atomic E-state index is 13.2. The van der Waals surface area contributed by atoms with Crippen molar-refractivity contribution in [3.63, 3.8) is 0 Å². The van der Waals surface area contributed by atoms with Crippen molar-refractivity contribution < 1.29 is 37.1 Å². The summed E-state index contributed by atoms with van der Waals surface area (Å²) in [7, 11) is -3.91. The van der Waals surface area contributed by atoms with Gasteiger partial charge in [-0.3, -0.25) is 24.1 Å². The number of benzene rings is 2. The molecule has 2 atom stereocenters. The van der Waals surface area contributed by atoms with Crippen LogP contribution in [0.5, 0.6) is 0 Å². The SMILES string of the molecule is CC(=O)OCC1=C(C(=O)SCC(=O)OC(c2ccccc2)c2ccccc2)N2C(=O)[C@H](Cl)[C@H]2S(=O)(=O)C1. The van der Waals surface area contributed by atoms with E-state index in [9.17, 15) is 27.6 Å². The van der Waals surface area contributed by atoms with Crippen LogP contribution in [0, 0.1) is 0 Å². The molecule has 2 heterocycles. The van der Waals surface area contributed by atoms with Gasteiger partial charge in [0.05, 0.1) is 11.5 Å². The molecule has 0 unspecified atom stereocenters. The van der Waals surface area contributed by atoms with Crippen LogP contribution < -0.4 is 0 Å². The van der Waals surface area contributed by atoms with Gasteiger partial charge in [0.1, 0.15) is 17.7 Å². The first kappa shape index (κ1) is 26.9. The van der Waals surface area contributed by atoms with Crippen molar-refractivity contribution in [2.24, 2.45) is 0 Å². The molecule has 194 valence electrons. The number of nitrogens with zero attached hydrogens (tertiary/aromatic N) is 1. The monoisotopic (exact) mass is 563 g/mol. The number of sulfone groups is 1. The molecule has 0 saturated carbocycles. The number of ether oxygens (including phenoxy) is 2. The van der Waals surface area contributed by atoms with E-state index >= 15 is 0 Å². The maximum atomic E-state index is 13.2. The van der Waals surface area contributed by atoms with Gasteiger partial charge in [-0.25, -0.2) is 8.42 Å². The molecule has 37 heavy (non-hydrogen) atoms. The van der Waals surface area contributed by atoms with Crippen molar-refractivity contribution in [3.8, 4) is 0 Å². The van der Waals surface area contributed by atoms with E-state index in [2.05, 4.69) is 0 Å². The third-order valence-corrected chi connectivity index (χ3v) is 9.10. The number of carbonyl (C=O) groups excluding carboxylic acids is 4. The van der Waals surface area contributed by atoms with Gasteiger partial charge in [-0.1, -0.05) is 72.4 Å². The van der Waals surface area contributed by atoms with E-state index in [1.807, 2.05) is 60.7 Å². The van der Waals surface area contributed by atoms with E-state index in [0.29, 0.717) is 11.8 Å². The number of halogens is 1. The van der Waals surface area contributed by atoms with Crippen LogP contribution in [0.25, 0.3) is 0 Å². The third kappa shape index (κ3) is 5.73. The summed E-state index contributed by atoms with van der Waals surface area (Å²) in [5.41, 5.74) is 1.19. The van der Waals surface area contributed by atoms with E-state index in [4.69, 9.17) is 21.1 Å². The van der Waals surface area contributed by atoms with Gasteiger partial charge in [-0.15, -0.1) is 11.6 Å². The lowest BCUT2D eigenvalue weighted by atomic mass is 10.0. The lowest BCUT2D eigenvalue weighted by Crippen LogP contribution is -2.68. The van der Waals surface area contributed by atoms with Gasteiger partial charge in [-0.05, 0) is 11.1 Å². The zero-order chi connectivity index (χ0) is 26.7. The zero-order valence-corrected chi connectivity index (χ0v) is 21.9. The molecule has 0 spiro atoms. The van der Waals surface area contributed by atoms with Gasteiger partial charge >= 0.3 is 11.9 Å². The van der Waals surface area contributed by atoms with Crippen LogP contribution >= 0.6 is 23.4 Å². The average molecular weight is 564 g/mol. The van der Waals surface area contributed by atoms with E-state index in [-0.39, 0.29) is 11.3 Å². The van der Waals surface area contributed by atoms with Gasteiger partial charge in [0, 0.05) is 12.5 Å². The number of hydrogen-bond donors (Lipinski definition) is 0. The summed E-state index contributed by atoms with van der Waals surface area (Å²) < 4.78 is 35.9. The fourth-order valence-corrected chi connectivity index (χ4v) is 7.33. The Labute approximate surface area is 222 Å². The van der Waals surface area contributed by atoms with Crippen LogP contribution in [0.15, 0.2) is 71.9 Å². The molecule has 4 rings (SSSR count). The first-order valence-electron chi connectivity index (χ1n) is 11.1. The Morgan fingerprint density at radius 2 is 1.62 bits per heavy atom. The van der Waals surface area contributed by atoms with Gasteiger partial charge in [-0.2, -0.15) is 0 Å². The third-order valence-electron chi connectivity index (χ3n) is 5.72. The summed E-state index contributed by atoms with van der Waals surface area (Å²) in [5, 5.41) is -3.45. The van der Waals surface area contributed by atoms with Gasteiger partial charge in [0.25, 0.3) is 0 Å². The standard InChI is InChI=1S/C25H22ClNO8S2/c1-15(28)34-12-18-14-37(32,33)24-20(26)23(30)27(24)21(18)25(31)36-13-19(29)35-22(16-8-4-2-5-9-16)17-10-6-3-7-11-17/h2-11,20,22,24H,12-14H2,1H3/t20-,24+/m0/s1. The molecule has 9 nitrogen and oxygen atoms in total. The predicted octanol–water partition coefficient (Wildman–Crippen LogP) is 2.60. The van der Waals surface area contributed by atoms with Crippen LogP contribution in [-0.2, 0) is 38.5 Å². The Morgan fingerprint density at radius 1 is 1.05 bits per heavy atom. The Bertz CT molecular complexity index is 1320. The lowest BCUT2D eigenvalue weighted by molar-refractivity contribution is -0.144. The number of alkyl halides is 1. The van der Waals surface area contributed by atoms with Gasteiger partial charge in [0.15, 0.2) is 21.3 Å². The van der Waals surface area contributed by atoms with Crippen molar-refractivity contribution >= 4 is 56.2 Å². The topological polar surface area (TPSA) is 124 Å². The quantitative estimate of drug-likeness (QED) is 0.271. The van der Waals surface area contributed by atoms with E-state index < -0.39 is 67.8 Å². The van der Waals surface area contributed by atoms with Gasteiger partial charge < -0.3 is 9.47 Å². The van der Waals surface area contributed by atoms with Crippen LogP contribution in [-0.4, -0.2) is 65.1 Å². The fraction of sp³-hybridized carbons (Fsp3) is 0.280. The molecular weight excluding hydrogens is 542 g/mol. The highest BCUT2D eigenvalue weighted by Gasteiger charge is 2.59. The minimum absolute atomic E-state index is 0.0549. The Hall–Kier alpha value is -3.15. The summed E-state index contributed by atoms with van der Waals surface area (Å²) in [4.78, 5) is 50.5. The molecule has 2 aromatic rings. The summed E-state index contributed by atoms with van der Waals surface area (Å²) in [6.45, 7) is 0.639. The number of amides is 1. The van der Waals surface area contributed by atoms with Crippen LogP contribution in [0.4, 0.5) is 0 Å². The summed E-state index contributed by atoms with van der Waals surface area (Å²) in [5.74, 6) is -3.14. The van der Waals surface area contributed by atoms with Crippen molar-refractivity contribution in [3.05, 3.63) is 83.1 Å². The van der Waals surface area contributed by atoms with E-state index in [1.54, 1.807) is 0 Å². The minimum atomic E-state index is -3.91. The number of rotatable bonds is 8. The molecule has 1 amide bonds. The Balaban J connectivity index is 1.52. The van der Waals surface area contributed by atoms with Gasteiger partial charge in [0.2, 0.25) is 11.0 Å². The fourth-order valence-electron chi connectivity index (χ4n) is 4.06. The molecule has 0 radical (unpaired) electrons. The highest BCUT2D eigenvalue weighted by atomic mass is 35.5. The Kier molecular flexibility index (Phi) is 8.05. The zero-order valence-electron chi connectivity index (χ0n) is 19.5. The smallest absolute Gasteiger partial charge is 0.317 e. The molecule has 2 aliphatic heterocycles. The molecule has 1 saturated heterocycles. The number of fused-ring (bicyclic) bond motifs is 1. The van der Waals surface area contributed by atoms with Crippen LogP contribution in [0.1, 0.15) is 24.2 Å². The first-order valence-corrected chi connectivity index (χ1v) is 14.2.